The maximum Gasteiger partial charge on any atom is 0.577 e. The molecule has 0 rings (SSSR count). The Balaban J connectivity index is -0.0000000718. The van der Waals surface area contributed by atoms with Gasteiger partial charge < -0.3 is 24.7 Å². The summed E-state index contributed by atoms with van der Waals surface area (Å²) in [7, 11) is -1.40. The Labute approximate surface area is 160 Å². The fourth-order valence-electron chi connectivity index (χ4n) is 0.479. The largest absolute Gasteiger partial charge is 0.577 e. The van der Waals surface area contributed by atoms with Gasteiger partial charge in [-0.1, -0.05) is 51.6 Å². The van der Waals surface area contributed by atoms with Gasteiger partial charge in [-0.05, 0) is 27.7 Å². The lowest BCUT2D eigenvalue weighted by molar-refractivity contribution is 0.107. The Morgan fingerprint density at radius 1 is 0.917 bits per heavy atom. The number of nitrogens with two attached hydrogens (primary N) is 2. The van der Waals surface area contributed by atoms with E-state index in [1.807, 2.05) is 27.7 Å². The van der Waals surface area contributed by atoms with Crippen molar-refractivity contribution in [3.63, 3.8) is 0 Å². The molecule has 1 radical (unpaired) electrons. The third-order valence-electron chi connectivity index (χ3n) is 0.787. The minimum absolute atomic E-state index is 0.639. The smallest absolute Gasteiger partial charge is 0.371 e. The van der Waals surface area contributed by atoms with Crippen molar-refractivity contribution in [2.75, 3.05) is 19.8 Å². The Hall–Kier alpha value is -0.523. The summed E-state index contributed by atoms with van der Waals surface area (Å²) in [5.74, 6) is 0. The average Bonchev–Trinajstić information content (AvgIpc) is 2.40. The molecule has 7 nitrogen and oxygen atoms in total. The van der Waals surface area contributed by atoms with Gasteiger partial charge in [0.1, 0.15) is 0 Å². The lowest BCUT2D eigenvalue weighted by Crippen LogP contribution is -2.27. The van der Waals surface area contributed by atoms with Gasteiger partial charge in [0.25, 0.3) is 10.5 Å². The van der Waals surface area contributed by atoms with Crippen LogP contribution in [0.3, 0.4) is 0 Å². The topological polar surface area (TPSA) is 114 Å². The summed E-state index contributed by atoms with van der Waals surface area (Å²) in [5.41, 5.74) is 8.67. The summed E-state index contributed by atoms with van der Waals surface area (Å²) in [4.78, 5) is 18.2. The second-order valence-electron chi connectivity index (χ2n) is 3.34. The van der Waals surface area contributed by atoms with Gasteiger partial charge in [0, 0.05) is 19.8 Å². The molecule has 0 bridgehead atoms. The zero-order valence-electron chi connectivity index (χ0n) is 15.7. The van der Waals surface area contributed by atoms with Crippen LogP contribution >= 0.6 is 25.3 Å². The fourth-order valence-corrected chi connectivity index (χ4v) is 1.44. The molecule has 0 aromatic carbocycles. The average molecular weight is 404 g/mol. The Morgan fingerprint density at radius 2 is 1.04 bits per heavy atom. The van der Waals surface area contributed by atoms with Gasteiger partial charge in [-0.25, -0.2) is 0 Å². The molecule has 0 unspecified atom stereocenters. The first-order valence-electron chi connectivity index (χ1n) is 7.43. The van der Waals surface area contributed by atoms with Gasteiger partial charge in [0.05, 0.1) is 0 Å². The minimum atomic E-state index is -1.40. The highest BCUT2D eigenvalue weighted by atomic mass is 32.1. The molecular weight excluding hydrogens is 368 g/mol. The molecule has 0 saturated carbocycles. The van der Waals surface area contributed by atoms with Gasteiger partial charge in [-0.2, -0.15) is 0 Å². The third-order valence-corrected chi connectivity index (χ3v) is 2.36. The van der Waals surface area contributed by atoms with Crippen LogP contribution in [-0.2, 0) is 13.3 Å². The van der Waals surface area contributed by atoms with E-state index in [0.29, 0.717) is 19.8 Å². The van der Waals surface area contributed by atoms with Crippen LogP contribution in [0, 0.1) is 0 Å². The van der Waals surface area contributed by atoms with Crippen LogP contribution in [0.25, 0.3) is 0 Å². The van der Waals surface area contributed by atoms with Crippen LogP contribution in [0.5, 0.6) is 0 Å². The van der Waals surface area contributed by atoms with Gasteiger partial charge in [-0.3, -0.25) is 9.59 Å². The molecule has 0 aliphatic heterocycles. The van der Waals surface area contributed by atoms with E-state index in [1.54, 1.807) is 6.08 Å². The SMILES string of the molecule is C=CC.CCC.CCO[Si](OCC)OCC.NC(=O)S.NC(=O)S. The van der Waals surface area contributed by atoms with Gasteiger partial charge in [-0.15, -0.1) is 6.58 Å². The third kappa shape index (κ3) is 125. The molecule has 2 amide bonds. The highest BCUT2D eigenvalue weighted by Crippen LogP contribution is 1.91. The lowest BCUT2D eigenvalue weighted by Gasteiger charge is -2.10. The molecule has 0 saturated heterocycles. The van der Waals surface area contributed by atoms with Crippen LogP contribution < -0.4 is 11.5 Å². The van der Waals surface area contributed by atoms with Gasteiger partial charge in [0.2, 0.25) is 0 Å². The van der Waals surface area contributed by atoms with E-state index in [-0.39, 0.29) is 0 Å². The fraction of sp³-hybridized carbons (Fsp3) is 0.714. The predicted octanol–water partition coefficient (Wildman–Crippen LogP) is 3.68. The molecule has 4 N–H and O–H groups in total. The molecule has 0 aromatic rings. The standard InChI is InChI=1S/C6H15O3Si.C3H8.C3H6.2CH3NOS/c1-4-7-10(8-5-2)9-6-3;2*1-3-2;2*2-1(3)4/h4-6H2,1-3H3;3H2,1-2H3;3H,1H2,2H3;2*(H3,2,3,4). The minimum Gasteiger partial charge on any atom is -0.371 e. The van der Waals surface area contributed by atoms with E-state index in [2.05, 4.69) is 57.2 Å². The van der Waals surface area contributed by atoms with Crippen LogP contribution in [0.2, 0.25) is 0 Å². The highest BCUT2D eigenvalue weighted by molar-refractivity contribution is 7.96. The van der Waals surface area contributed by atoms with Crippen molar-refractivity contribution in [3.05, 3.63) is 12.7 Å². The van der Waals surface area contributed by atoms with Crippen molar-refractivity contribution in [1.82, 2.24) is 0 Å². The molecule has 0 aromatic heterocycles. The summed E-state index contributed by atoms with van der Waals surface area (Å²) >= 11 is 6.21. The number of carbonyl (C=O) groups excluding carboxylic acids is 2. The molecular formula is C14H35N2O5S2Si. The predicted molar refractivity (Wildman–Crippen MR) is 110 cm³/mol. The molecule has 0 aliphatic carbocycles. The van der Waals surface area contributed by atoms with Crippen LogP contribution in [0.4, 0.5) is 9.59 Å². The summed E-state index contributed by atoms with van der Waals surface area (Å²) in [6, 6.07) is 0. The van der Waals surface area contributed by atoms with E-state index in [4.69, 9.17) is 22.9 Å². The van der Waals surface area contributed by atoms with E-state index in [9.17, 15) is 0 Å². The van der Waals surface area contributed by atoms with Crippen LogP contribution in [0.15, 0.2) is 12.7 Å². The highest BCUT2D eigenvalue weighted by Gasteiger charge is 2.15. The van der Waals surface area contributed by atoms with Crippen molar-refractivity contribution in [2.45, 2.75) is 48.0 Å². The molecule has 0 heterocycles. The summed E-state index contributed by atoms with van der Waals surface area (Å²) in [6.45, 7) is 17.3. The maximum atomic E-state index is 9.09. The first-order valence-corrected chi connectivity index (χ1v) is 9.55. The summed E-state index contributed by atoms with van der Waals surface area (Å²) < 4.78 is 15.5. The van der Waals surface area contributed by atoms with Gasteiger partial charge >= 0.3 is 9.53 Å². The van der Waals surface area contributed by atoms with Crippen LogP contribution in [0.1, 0.15) is 48.0 Å². The molecule has 0 atom stereocenters. The zero-order chi connectivity index (χ0) is 20.4. The van der Waals surface area contributed by atoms with Crippen LogP contribution in [-0.4, -0.2) is 39.8 Å². The quantitative estimate of drug-likeness (QED) is 0.307. The van der Waals surface area contributed by atoms with E-state index >= 15 is 0 Å². The summed E-state index contributed by atoms with van der Waals surface area (Å²) in [5, 5.41) is -1.28. The van der Waals surface area contributed by atoms with Crippen molar-refractivity contribution >= 4 is 45.3 Å². The van der Waals surface area contributed by atoms with E-state index < -0.39 is 20.0 Å². The Morgan fingerprint density at radius 3 is 1.12 bits per heavy atom. The number of allylic oxidation sites excluding steroid dienone is 1. The Kier molecular flexibility index (Phi) is 55.3. The first kappa shape index (κ1) is 34.7. The maximum absolute atomic E-state index is 9.09. The Bertz CT molecular complexity index is 229. The molecule has 0 spiro atoms. The van der Waals surface area contributed by atoms with Gasteiger partial charge in [0.15, 0.2) is 0 Å². The monoisotopic (exact) mass is 403 g/mol. The number of rotatable bonds is 6. The number of primary amides is 2. The molecule has 24 heavy (non-hydrogen) atoms. The van der Waals surface area contributed by atoms with E-state index in [0.717, 1.165) is 0 Å². The van der Waals surface area contributed by atoms with Crippen molar-refractivity contribution in [3.8, 4) is 0 Å². The molecule has 10 heteroatoms. The van der Waals surface area contributed by atoms with E-state index in [1.165, 1.54) is 6.42 Å². The van der Waals surface area contributed by atoms with Crippen molar-refractivity contribution < 1.29 is 22.9 Å². The zero-order valence-corrected chi connectivity index (χ0v) is 18.5. The molecule has 147 valence electrons. The second kappa shape index (κ2) is 38.2. The number of thiol groups is 2. The lowest BCUT2D eigenvalue weighted by atomic mass is 10.6. The number of amides is 2. The second-order valence-corrected chi connectivity index (χ2v) is 5.59. The first-order chi connectivity index (χ1) is 11.1. The molecule has 0 aliphatic rings. The number of carbonyl (C=O) groups is 2. The summed E-state index contributed by atoms with van der Waals surface area (Å²) in [6.07, 6.45) is 3.00. The number of hydrogen-bond donors (Lipinski definition) is 4. The van der Waals surface area contributed by atoms with Crippen molar-refractivity contribution in [2.24, 2.45) is 11.5 Å². The molecule has 0 fully saturated rings. The normalized spacial score (nSPS) is 7.88. The van der Waals surface area contributed by atoms with Crippen molar-refractivity contribution in [1.29, 1.82) is 0 Å². The number of hydrogen-bond acceptors (Lipinski definition) is 5.